The zero-order chi connectivity index (χ0) is 9.10. The van der Waals surface area contributed by atoms with Crippen LogP contribution in [0, 0.1) is 0 Å². The van der Waals surface area contributed by atoms with E-state index in [1.807, 2.05) is 0 Å². The molecule has 0 aliphatic carbocycles. The summed E-state index contributed by atoms with van der Waals surface area (Å²) in [6.45, 7) is 2.93. The molecule has 0 aromatic heterocycles. The van der Waals surface area contributed by atoms with Crippen LogP contribution in [0.5, 0.6) is 0 Å². The van der Waals surface area contributed by atoms with Gasteiger partial charge in [0.25, 0.3) is 0 Å². The Balaban J connectivity index is 1.81. The standard InChI is InChI=1S/C9H17N3O/c13-9-8(2-1-4-11-9)12-7-3-5-10-6-7/h7-8,10,12H,1-6H2,(H,11,13). The summed E-state index contributed by atoms with van der Waals surface area (Å²) in [7, 11) is 0. The van der Waals surface area contributed by atoms with Gasteiger partial charge in [-0.1, -0.05) is 0 Å². The van der Waals surface area contributed by atoms with E-state index in [1.165, 1.54) is 0 Å². The molecular formula is C9H17N3O. The number of hydrogen-bond donors (Lipinski definition) is 3. The second kappa shape index (κ2) is 4.07. The average Bonchev–Trinajstić information content (AvgIpc) is 2.61. The van der Waals surface area contributed by atoms with Crippen molar-refractivity contribution in [3.05, 3.63) is 0 Å². The molecule has 2 aliphatic heterocycles. The van der Waals surface area contributed by atoms with Crippen LogP contribution in [0.3, 0.4) is 0 Å². The van der Waals surface area contributed by atoms with E-state index in [0.717, 1.165) is 38.9 Å². The first-order valence-corrected chi connectivity index (χ1v) is 5.11. The van der Waals surface area contributed by atoms with Crippen LogP contribution in [0.25, 0.3) is 0 Å². The van der Waals surface area contributed by atoms with Crippen molar-refractivity contribution in [3.8, 4) is 0 Å². The first kappa shape index (κ1) is 8.97. The third-order valence-electron chi connectivity index (χ3n) is 2.78. The Hall–Kier alpha value is -0.610. The Morgan fingerprint density at radius 2 is 2.23 bits per heavy atom. The number of amides is 1. The first-order chi connectivity index (χ1) is 6.36. The van der Waals surface area contributed by atoms with Crippen molar-refractivity contribution >= 4 is 5.91 Å². The molecule has 2 unspecified atom stereocenters. The maximum Gasteiger partial charge on any atom is 0.237 e. The van der Waals surface area contributed by atoms with Crippen molar-refractivity contribution in [1.29, 1.82) is 0 Å². The van der Waals surface area contributed by atoms with Crippen LogP contribution < -0.4 is 16.0 Å². The van der Waals surface area contributed by atoms with E-state index < -0.39 is 0 Å². The Morgan fingerprint density at radius 3 is 2.92 bits per heavy atom. The fourth-order valence-corrected chi connectivity index (χ4v) is 2.01. The lowest BCUT2D eigenvalue weighted by Crippen LogP contribution is -2.51. The highest BCUT2D eigenvalue weighted by molar-refractivity contribution is 5.82. The number of hydrogen-bond acceptors (Lipinski definition) is 3. The Bertz CT molecular complexity index is 189. The van der Waals surface area contributed by atoms with Gasteiger partial charge in [-0.15, -0.1) is 0 Å². The highest BCUT2D eigenvalue weighted by atomic mass is 16.2. The predicted molar refractivity (Wildman–Crippen MR) is 50.4 cm³/mol. The van der Waals surface area contributed by atoms with E-state index >= 15 is 0 Å². The summed E-state index contributed by atoms with van der Waals surface area (Å²) in [5.41, 5.74) is 0. The number of carbonyl (C=O) groups is 1. The SMILES string of the molecule is O=C1NCCCC1NC1CCNC1. The third-order valence-corrected chi connectivity index (χ3v) is 2.78. The van der Waals surface area contributed by atoms with Gasteiger partial charge in [0.15, 0.2) is 0 Å². The molecule has 1 amide bonds. The molecule has 3 N–H and O–H groups in total. The summed E-state index contributed by atoms with van der Waals surface area (Å²) in [5, 5.41) is 9.56. The monoisotopic (exact) mass is 183 g/mol. The summed E-state index contributed by atoms with van der Waals surface area (Å²) in [6, 6.07) is 0.549. The Kier molecular flexibility index (Phi) is 2.80. The lowest BCUT2D eigenvalue weighted by atomic mass is 10.1. The molecule has 13 heavy (non-hydrogen) atoms. The third kappa shape index (κ3) is 2.19. The van der Waals surface area contributed by atoms with Crippen molar-refractivity contribution in [3.63, 3.8) is 0 Å². The molecule has 0 bridgehead atoms. The smallest absolute Gasteiger partial charge is 0.237 e. The van der Waals surface area contributed by atoms with E-state index in [1.54, 1.807) is 0 Å². The van der Waals surface area contributed by atoms with Crippen LogP contribution in [0.15, 0.2) is 0 Å². The summed E-state index contributed by atoms with van der Waals surface area (Å²) in [5.74, 6) is 0.179. The van der Waals surface area contributed by atoms with Gasteiger partial charge in [-0.3, -0.25) is 4.79 Å². The van der Waals surface area contributed by atoms with Gasteiger partial charge < -0.3 is 16.0 Å². The van der Waals surface area contributed by atoms with Crippen molar-refractivity contribution < 1.29 is 4.79 Å². The molecule has 0 saturated carbocycles. The fourth-order valence-electron chi connectivity index (χ4n) is 2.01. The minimum Gasteiger partial charge on any atom is -0.355 e. The van der Waals surface area contributed by atoms with Crippen LogP contribution >= 0.6 is 0 Å². The average molecular weight is 183 g/mol. The quantitative estimate of drug-likeness (QED) is 0.526. The number of nitrogens with one attached hydrogen (secondary N) is 3. The van der Waals surface area contributed by atoms with Gasteiger partial charge >= 0.3 is 0 Å². The molecule has 0 radical (unpaired) electrons. The van der Waals surface area contributed by atoms with E-state index in [0.29, 0.717) is 6.04 Å². The van der Waals surface area contributed by atoms with Gasteiger partial charge in [0, 0.05) is 19.1 Å². The maximum atomic E-state index is 11.4. The Labute approximate surface area is 78.5 Å². The molecule has 4 nitrogen and oxygen atoms in total. The van der Waals surface area contributed by atoms with Gasteiger partial charge in [-0.05, 0) is 25.8 Å². The lowest BCUT2D eigenvalue weighted by Gasteiger charge is -2.25. The zero-order valence-electron chi connectivity index (χ0n) is 7.81. The van der Waals surface area contributed by atoms with Gasteiger partial charge in [-0.2, -0.15) is 0 Å². The lowest BCUT2D eigenvalue weighted by molar-refractivity contribution is -0.124. The van der Waals surface area contributed by atoms with E-state index in [4.69, 9.17) is 0 Å². The molecule has 2 heterocycles. The van der Waals surface area contributed by atoms with Crippen LogP contribution in [0.2, 0.25) is 0 Å². The first-order valence-electron chi connectivity index (χ1n) is 5.11. The second-order valence-corrected chi connectivity index (χ2v) is 3.84. The van der Waals surface area contributed by atoms with Gasteiger partial charge in [0.2, 0.25) is 5.91 Å². The van der Waals surface area contributed by atoms with Crippen molar-refractivity contribution in [2.24, 2.45) is 0 Å². The van der Waals surface area contributed by atoms with Gasteiger partial charge in [-0.25, -0.2) is 0 Å². The van der Waals surface area contributed by atoms with Crippen molar-refractivity contribution in [1.82, 2.24) is 16.0 Å². The van der Waals surface area contributed by atoms with E-state index in [9.17, 15) is 4.79 Å². The molecular weight excluding hydrogens is 166 g/mol. The molecule has 2 saturated heterocycles. The minimum absolute atomic E-state index is 0.0543. The van der Waals surface area contributed by atoms with Crippen LogP contribution in [0.1, 0.15) is 19.3 Å². The number of rotatable bonds is 2. The molecule has 2 rings (SSSR count). The summed E-state index contributed by atoms with van der Waals surface area (Å²) in [4.78, 5) is 11.4. The molecule has 0 aromatic carbocycles. The largest absolute Gasteiger partial charge is 0.355 e. The van der Waals surface area contributed by atoms with Crippen LogP contribution in [-0.2, 0) is 4.79 Å². The molecule has 0 spiro atoms. The zero-order valence-corrected chi connectivity index (χ0v) is 7.81. The van der Waals surface area contributed by atoms with Gasteiger partial charge in [0.05, 0.1) is 6.04 Å². The van der Waals surface area contributed by atoms with Crippen molar-refractivity contribution in [2.75, 3.05) is 19.6 Å². The minimum atomic E-state index is 0.0543. The molecule has 2 fully saturated rings. The van der Waals surface area contributed by atoms with Crippen molar-refractivity contribution in [2.45, 2.75) is 31.3 Å². The number of piperidine rings is 1. The number of carbonyl (C=O) groups excluding carboxylic acids is 1. The molecule has 0 aromatic rings. The molecule has 74 valence electrons. The topological polar surface area (TPSA) is 53.2 Å². The normalized spacial score (nSPS) is 34.6. The van der Waals surface area contributed by atoms with Crippen LogP contribution in [-0.4, -0.2) is 37.6 Å². The molecule has 2 aliphatic rings. The summed E-state index contributed by atoms with van der Waals surface area (Å²) >= 11 is 0. The van der Waals surface area contributed by atoms with E-state index in [-0.39, 0.29) is 11.9 Å². The summed E-state index contributed by atoms with van der Waals surface area (Å²) in [6.07, 6.45) is 3.23. The fraction of sp³-hybridized carbons (Fsp3) is 0.889. The van der Waals surface area contributed by atoms with E-state index in [2.05, 4.69) is 16.0 Å². The summed E-state index contributed by atoms with van der Waals surface area (Å²) < 4.78 is 0. The highest BCUT2D eigenvalue weighted by Gasteiger charge is 2.25. The predicted octanol–water partition coefficient (Wildman–Crippen LogP) is -0.783. The maximum absolute atomic E-state index is 11.4. The Morgan fingerprint density at radius 1 is 1.31 bits per heavy atom. The second-order valence-electron chi connectivity index (χ2n) is 3.84. The van der Waals surface area contributed by atoms with Crippen LogP contribution in [0.4, 0.5) is 0 Å². The molecule has 4 heteroatoms. The molecule has 2 atom stereocenters. The highest BCUT2D eigenvalue weighted by Crippen LogP contribution is 2.06. The van der Waals surface area contributed by atoms with Gasteiger partial charge in [0.1, 0.15) is 0 Å².